The summed E-state index contributed by atoms with van der Waals surface area (Å²) in [6.45, 7) is 8.70. The molecule has 2 aliphatic rings. The number of allylic oxidation sites excluding steroid dienone is 3. The highest BCUT2D eigenvalue weighted by atomic mass is 16.5. The van der Waals surface area contributed by atoms with Gasteiger partial charge >= 0.3 is 0 Å². The molecule has 0 atom stereocenters. The van der Waals surface area contributed by atoms with Crippen molar-refractivity contribution in [1.82, 2.24) is 16.0 Å². The van der Waals surface area contributed by atoms with Crippen molar-refractivity contribution in [3.05, 3.63) is 53.3 Å². The lowest BCUT2D eigenvalue weighted by atomic mass is 9.97. The number of rotatable bonds is 13. The molecule has 1 saturated carbocycles. The summed E-state index contributed by atoms with van der Waals surface area (Å²) in [5.41, 5.74) is 3.33. The number of amides is 2. The quantitative estimate of drug-likeness (QED) is 0.112. The lowest BCUT2D eigenvalue weighted by molar-refractivity contribution is -0.120. The van der Waals surface area contributed by atoms with Crippen LogP contribution in [0, 0.1) is 11.8 Å². The number of carbonyl (C=O) groups is 2. The number of nitrogens with zero attached hydrogens (tertiary/aromatic N) is 2. The van der Waals surface area contributed by atoms with E-state index in [4.69, 9.17) is 4.74 Å². The molecule has 1 aromatic carbocycles. The molecule has 1 heterocycles. The second-order valence-corrected chi connectivity index (χ2v) is 10.3. The van der Waals surface area contributed by atoms with E-state index in [9.17, 15) is 9.59 Å². The van der Waals surface area contributed by atoms with Gasteiger partial charge in [0.2, 0.25) is 5.91 Å². The molecule has 42 heavy (non-hydrogen) atoms. The standard InChI is InChI=1S/C26H35N5O3.C7H15N/c1-7-10-20(26(33)29-5)22(15-23(28-4)31-25(32)18-13-14-18)30-21-12-9-11-19(24(21)34-6)17(8-2)16-27-3;1-2-3-4-7-5-8-6-7/h8-12,15-16,18,30H,7,13-14H2,1-6H3,(H,29,33)(H,28,31,32);7-8H,2-6H2,1H3/b17-8+,20-10-,22-15+,27-16?;. The molecular formula is C33H50N6O3. The van der Waals surface area contributed by atoms with Gasteiger partial charge in [-0.1, -0.05) is 51.0 Å². The topological polar surface area (TPSA) is 116 Å². The highest BCUT2D eigenvalue weighted by molar-refractivity contribution is 6.12. The number of benzene rings is 1. The Morgan fingerprint density at radius 1 is 1.17 bits per heavy atom. The summed E-state index contributed by atoms with van der Waals surface area (Å²) in [5.74, 6) is 1.71. The molecule has 0 bridgehead atoms. The fraction of sp³-hybridized carbons (Fsp3) is 0.515. The van der Waals surface area contributed by atoms with Gasteiger partial charge in [-0.2, -0.15) is 0 Å². The average molecular weight is 579 g/mol. The van der Waals surface area contributed by atoms with Gasteiger partial charge < -0.3 is 26.0 Å². The van der Waals surface area contributed by atoms with Crippen molar-refractivity contribution in [2.75, 3.05) is 46.7 Å². The number of anilines is 1. The third kappa shape index (κ3) is 10.6. The van der Waals surface area contributed by atoms with E-state index in [-0.39, 0.29) is 17.7 Å². The van der Waals surface area contributed by atoms with E-state index in [2.05, 4.69) is 38.2 Å². The molecule has 9 heteroatoms. The third-order valence-electron chi connectivity index (χ3n) is 7.10. The van der Waals surface area contributed by atoms with Crippen molar-refractivity contribution >= 4 is 35.1 Å². The summed E-state index contributed by atoms with van der Waals surface area (Å²) in [6, 6.07) is 5.71. The molecule has 1 aliphatic heterocycles. The van der Waals surface area contributed by atoms with E-state index >= 15 is 0 Å². The minimum absolute atomic E-state index is 0.0300. The Kier molecular flexibility index (Phi) is 15.3. The van der Waals surface area contributed by atoms with Crippen LogP contribution in [0.1, 0.15) is 64.9 Å². The first kappa shape index (κ1) is 34.5. The minimum atomic E-state index is -0.257. The fourth-order valence-corrected chi connectivity index (χ4v) is 4.42. The van der Waals surface area contributed by atoms with Crippen LogP contribution in [-0.4, -0.2) is 65.2 Å². The number of ether oxygens (including phenoxy) is 1. The van der Waals surface area contributed by atoms with Crippen LogP contribution < -0.4 is 26.0 Å². The number of hydrogen-bond donors (Lipinski definition) is 4. The maximum atomic E-state index is 12.8. The molecule has 0 aromatic heterocycles. The summed E-state index contributed by atoms with van der Waals surface area (Å²) in [4.78, 5) is 33.5. The molecule has 0 spiro atoms. The predicted molar refractivity (Wildman–Crippen MR) is 175 cm³/mol. The number of carbonyl (C=O) groups excluding carboxylic acids is 2. The second-order valence-electron chi connectivity index (χ2n) is 10.3. The Morgan fingerprint density at radius 2 is 1.90 bits per heavy atom. The fourth-order valence-electron chi connectivity index (χ4n) is 4.42. The van der Waals surface area contributed by atoms with Crippen molar-refractivity contribution < 1.29 is 14.3 Å². The second kappa shape index (κ2) is 18.7. The van der Waals surface area contributed by atoms with E-state index in [1.807, 2.05) is 44.2 Å². The van der Waals surface area contributed by atoms with Gasteiger partial charge in [0.1, 0.15) is 11.6 Å². The smallest absolute Gasteiger partial charge is 0.252 e. The van der Waals surface area contributed by atoms with E-state index in [0.29, 0.717) is 35.0 Å². The molecule has 0 radical (unpaired) electrons. The van der Waals surface area contributed by atoms with E-state index in [0.717, 1.165) is 29.9 Å². The molecule has 2 amide bonds. The molecule has 4 N–H and O–H groups in total. The van der Waals surface area contributed by atoms with E-state index < -0.39 is 0 Å². The summed E-state index contributed by atoms with van der Waals surface area (Å²) < 4.78 is 5.76. The molecule has 1 aliphatic carbocycles. The number of hydrogen-bond acceptors (Lipinski definition) is 7. The first-order valence-electron chi connectivity index (χ1n) is 15.0. The van der Waals surface area contributed by atoms with Gasteiger partial charge in [0.15, 0.2) is 0 Å². The van der Waals surface area contributed by atoms with Crippen molar-refractivity contribution in [1.29, 1.82) is 0 Å². The maximum absolute atomic E-state index is 12.8. The van der Waals surface area contributed by atoms with E-state index in [1.165, 1.54) is 32.4 Å². The number of amidine groups is 1. The van der Waals surface area contributed by atoms with Gasteiger partial charge in [-0.05, 0) is 63.3 Å². The monoisotopic (exact) mass is 578 g/mol. The summed E-state index contributed by atoms with van der Waals surface area (Å²) >= 11 is 0. The summed E-state index contributed by atoms with van der Waals surface area (Å²) in [7, 11) is 6.49. The third-order valence-corrected chi connectivity index (χ3v) is 7.10. The first-order valence-corrected chi connectivity index (χ1v) is 15.0. The van der Waals surface area contributed by atoms with Crippen LogP contribution in [0.25, 0.3) is 5.57 Å². The van der Waals surface area contributed by atoms with Gasteiger partial charge in [-0.25, -0.2) is 0 Å². The van der Waals surface area contributed by atoms with Crippen LogP contribution in [0.5, 0.6) is 5.75 Å². The molecule has 1 saturated heterocycles. The summed E-state index contributed by atoms with van der Waals surface area (Å²) in [5, 5.41) is 12.2. The number of aliphatic imine (C=N–C) groups is 2. The first-order chi connectivity index (χ1) is 20.4. The number of nitrogens with one attached hydrogen (secondary N) is 4. The molecule has 230 valence electrons. The van der Waals surface area contributed by atoms with Crippen LogP contribution in [0.3, 0.4) is 0 Å². The van der Waals surface area contributed by atoms with Crippen LogP contribution >= 0.6 is 0 Å². The average Bonchev–Trinajstić information content (AvgIpc) is 3.83. The highest BCUT2D eigenvalue weighted by Gasteiger charge is 2.30. The number of methoxy groups -OCH3 is 1. The molecule has 2 fully saturated rings. The number of likely N-dealkylation sites (N-methyl/N-ethyl adjacent to an activating group) is 1. The minimum Gasteiger partial charge on any atom is -0.494 e. The largest absolute Gasteiger partial charge is 0.494 e. The normalized spacial score (nSPS) is 16.4. The Morgan fingerprint density at radius 3 is 2.40 bits per heavy atom. The van der Waals surface area contributed by atoms with Crippen LogP contribution in [0.2, 0.25) is 0 Å². The van der Waals surface area contributed by atoms with Gasteiger partial charge in [0.05, 0.1) is 24.1 Å². The van der Waals surface area contributed by atoms with Gasteiger partial charge in [0, 0.05) is 44.9 Å². The zero-order valence-electron chi connectivity index (χ0n) is 26.5. The molecule has 9 nitrogen and oxygen atoms in total. The predicted octanol–water partition coefficient (Wildman–Crippen LogP) is 5.13. The lowest BCUT2D eigenvalue weighted by Gasteiger charge is -2.26. The Labute approximate surface area is 252 Å². The van der Waals surface area contributed by atoms with Crippen molar-refractivity contribution in [3.63, 3.8) is 0 Å². The molecule has 1 aromatic rings. The van der Waals surface area contributed by atoms with Crippen molar-refractivity contribution in [2.45, 2.75) is 59.3 Å². The van der Waals surface area contributed by atoms with Crippen LogP contribution in [-0.2, 0) is 9.59 Å². The zero-order chi connectivity index (χ0) is 30.9. The van der Waals surface area contributed by atoms with E-state index in [1.54, 1.807) is 40.5 Å². The summed E-state index contributed by atoms with van der Waals surface area (Å²) in [6.07, 6.45) is 13.9. The number of unbranched alkanes of at least 4 members (excludes halogenated alkanes) is 1. The van der Waals surface area contributed by atoms with Crippen molar-refractivity contribution in [3.8, 4) is 5.75 Å². The lowest BCUT2D eigenvalue weighted by Crippen LogP contribution is -2.41. The molecule has 3 rings (SSSR count). The highest BCUT2D eigenvalue weighted by Crippen LogP contribution is 2.35. The van der Waals surface area contributed by atoms with Gasteiger partial charge in [0.25, 0.3) is 5.91 Å². The van der Waals surface area contributed by atoms with Crippen LogP contribution in [0.4, 0.5) is 5.69 Å². The van der Waals surface area contributed by atoms with Gasteiger partial charge in [-0.15, -0.1) is 0 Å². The Hall–Kier alpha value is -3.72. The SMILES string of the molecule is C/C=C(\C=NC)c1cccc(NC(=C/C(=NC)NC(=O)C2CC2)/C(=C/CC)C(=O)NC)c1OC.CCCCC1CNC1. The van der Waals surface area contributed by atoms with Crippen LogP contribution in [0.15, 0.2) is 57.7 Å². The molecular weight excluding hydrogens is 528 g/mol. The Balaban J connectivity index is 0.000000661. The Bertz CT molecular complexity index is 1190. The number of para-hydroxylation sites is 1. The maximum Gasteiger partial charge on any atom is 0.252 e. The molecule has 0 unspecified atom stereocenters. The van der Waals surface area contributed by atoms with Gasteiger partial charge in [-0.3, -0.25) is 19.6 Å². The van der Waals surface area contributed by atoms with Crippen molar-refractivity contribution in [2.24, 2.45) is 21.8 Å². The zero-order valence-corrected chi connectivity index (χ0v) is 26.5.